The molecule has 18 heavy (non-hydrogen) atoms. The van der Waals surface area contributed by atoms with Crippen molar-refractivity contribution in [2.24, 2.45) is 0 Å². The van der Waals surface area contributed by atoms with Gasteiger partial charge in [0.2, 0.25) is 5.91 Å². The van der Waals surface area contributed by atoms with Gasteiger partial charge in [-0.3, -0.25) is 4.79 Å². The maximum absolute atomic E-state index is 12.1. The molecule has 1 aliphatic heterocycles. The molecule has 0 saturated carbocycles. The van der Waals surface area contributed by atoms with Crippen LogP contribution in [0.2, 0.25) is 0 Å². The van der Waals surface area contributed by atoms with Crippen molar-refractivity contribution in [2.45, 2.75) is 17.1 Å². The van der Waals surface area contributed by atoms with E-state index in [-0.39, 0.29) is 16.1 Å². The number of esters is 1. The van der Waals surface area contributed by atoms with Crippen LogP contribution in [-0.4, -0.2) is 32.7 Å². The van der Waals surface area contributed by atoms with E-state index in [4.69, 9.17) is 0 Å². The fourth-order valence-electron chi connectivity index (χ4n) is 1.73. The second-order valence-electron chi connectivity index (χ2n) is 3.85. The largest absolute Gasteiger partial charge is 0.465 e. The summed E-state index contributed by atoms with van der Waals surface area (Å²) in [4.78, 5) is 23.1. The normalized spacial score (nSPS) is 20.8. The predicted octanol–water partition coefficient (Wildman–Crippen LogP) is 0.587. The van der Waals surface area contributed by atoms with E-state index >= 15 is 0 Å². The summed E-state index contributed by atoms with van der Waals surface area (Å²) in [5.74, 6) is -1.35. The van der Waals surface area contributed by atoms with Crippen molar-refractivity contribution in [2.75, 3.05) is 12.4 Å². The third-order valence-electron chi connectivity index (χ3n) is 2.82. The molecule has 7 heteroatoms. The highest BCUT2D eigenvalue weighted by atomic mass is 32.2. The van der Waals surface area contributed by atoms with Crippen LogP contribution in [0.5, 0.6) is 0 Å². The number of methoxy groups -OCH3 is 1. The van der Waals surface area contributed by atoms with Crippen LogP contribution in [0.1, 0.15) is 17.3 Å². The Morgan fingerprint density at radius 1 is 1.39 bits per heavy atom. The monoisotopic (exact) mass is 269 g/mol. The Morgan fingerprint density at radius 2 is 2.06 bits per heavy atom. The summed E-state index contributed by atoms with van der Waals surface area (Å²) in [5.41, 5.74) is 0.0197. The molecule has 96 valence electrons. The molecule has 1 aromatic carbocycles. The highest BCUT2D eigenvalue weighted by Crippen LogP contribution is 2.33. The molecular weight excluding hydrogens is 258 g/mol. The third kappa shape index (κ3) is 1.67. The fourth-order valence-corrected chi connectivity index (χ4v) is 3.17. The Kier molecular flexibility index (Phi) is 2.86. The van der Waals surface area contributed by atoms with E-state index in [0.717, 1.165) is 0 Å². The minimum Gasteiger partial charge on any atom is -0.465 e. The molecular formula is C11H11NO5S. The Hall–Kier alpha value is -1.89. The molecule has 0 aromatic heterocycles. The zero-order chi connectivity index (χ0) is 13.5. The fraction of sp³-hybridized carbons (Fsp3) is 0.273. The number of anilines is 1. The quantitative estimate of drug-likeness (QED) is 0.753. The molecule has 0 saturated heterocycles. The lowest BCUT2D eigenvalue weighted by molar-refractivity contribution is -0.115. The van der Waals surface area contributed by atoms with Crippen LogP contribution in [0.15, 0.2) is 23.1 Å². The molecule has 1 heterocycles. The molecule has 6 nitrogen and oxygen atoms in total. The summed E-state index contributed by atoms with van der Waals surface area (Å²) in [5, 5.41) is 1.26. The van der Waals surface area contributed by atoms with Crippen molar-refractivity contribution in [3.05, 3.63) is 23.8 Å². The molecule has 0 bridgehead atoms. The van der Waals surface area contributed by atoms with Gasteiger partial charge >= 0.3 is 5.97 Å². The van der Waals surface area contributed by atoms with Gasteiger partial charge in [-0.15, -0.1) is 0 Å². The van der Waals surface area contributed by atoms with Gasteiger partial charge in [-0.25, -0.2) is 13.2 Å². The molecule has 1 unspecified atom stereocenters. The molecule has 0 fully saturated rings. The SMILES string of the molecule is COC(=O)c1cccc2c1NC(=O)C(C)S2(=O)=O. The van der Waals surface area contributed by atoms with Crippen LogP contribution >= 0.6 is 0 Å². The van der Waals surface area contributed by atoms with Gasteiger partial charge in [-0.2, -0.15) is 0 Å². The molecule has 0 radical (unpaired) electrons. The third-order valence-corrected chi connectivity index (χ3v) is 4.92. The zero-order valence-corrected chi connectivity index (χ0v) is 10.6. The first kappa shape index (κ1) is 12.6. The van der Waals surface area contributed by atoms with Gasteiger partial charge in [0.25, 0.3) is 0 Å². The lowest BCUT2D eigenvalue weighted by atomic mass is 10.1. The number of para-hydroxylation sites is 1. The first-order valence-corrected chi connectivity index (χ1v) is 6.70. The number of rotatable bonds is 1. The van der Waals surface area contributed by atoms with Gasteiger partial charge in [0.05, 0.1) is 23.3 Å². The molecule has 0 aliphatic carbocycles. The first-order chi connectivity index (χ1) is 8.39. The molecule has 0 spiro atoms. The molecule has 2 rings (SSSR count). The summed E-state index contributed by atoms with van der Waals surface area (Å²) in [6.45, 7) is 1.30. The number of nitrogens with one attached hydrogen (secondary N) is 1. The summed E-state index contributed by atoms with van der Waals surface area (Å²) in [6, 6.07) is 4.19. The van der Waals surface area contributed by atoms with E-state index in [0.29, 0.717) is 0 Å². The maximum atomic E-state index is 12.1. The highest BCUT2D eigenvalue weighted by Gasteiger charge is 2.38. The smallest absolute Gasteiger partial charge is 0.340 e. The van der Waals surface area contributed by atoms with Gasteiger partial charge in [0, 0.05) is 0 Å². The second kappa shape index (κ2) is 4.09. The Labute approximate surface area is 104 Å². The molecule has 1 aliphatic rings. The number of fused-ring (bicyclic) bond motifs is 1. The number of ether oxygens (including phenoxy) is 1. The van der Waals surface area contributed by atoms with Gasteiger partial charge in [-0.1, -0.05) is 6.07 Å². The summed E-state index contributed by atoms with van der Waals surface area (Å²) in [7, 11) is -2.57. The number of carbonyl (C=O) groups is 2. The van der Waals surface area contributed by atoms with E-state index in [9.17, 15) is 18.0 Å². The van der Waals surface area contributed by atoms with Gasteiger partial charge in [-0.05, 0) is 19.1 Å². The minimum absolute atomic E-state index is 0.00699. The summed E-state index contributed by atoms with van der Waals surface area (Å²) in [6.07, 6.45) is 0. The Bertz CT molecular complexity index is 635. The Balaban J connectivity index is 2.73. The van der Waals surface area contributed by atoms with Crippen molar-refractivity contribution < 1.29 is 22.7 Å². The van der Waals surface area contributed by atoms with Crippen molar-refractivity contribution in [1.82, 2.24) is 0 Å². The minimum atomic E-state index is -3.75. The van der Waals surface area contributed by atoms with Crippen LogP contribution in [-0.2, 0) is 19.4 Å². The maximum Gasteiger partial charge on any atom is 0.340 e. The van der Waals surface area contributed by atoms with Gasteiger partial charge < -0.3 is 10.1 Å². The van der Waals surface area contributed by atoms with E-state index < -0.39 is 27.0 Å². The molecule has 1 aromatic rings. The van der Waals surface area contributed by atoms with Crippen LogP contribution in [0.4, 0.5) is 5.69 Å². The second-order valence-corrected chi connectivity index (χ2v) is 6.08. The number of sulfone groups is 1. The molecule has 1 amide bonds. The molecule has 1 atom stereocenters. The number of benzene rings is 1. The average molecular weight is 269 g/mol. The van der Waals surface area contributed by atoms with Crippen molar-refractivity contribution in [1.29, 1.82) is 0 Å². The lowest BCUT2D eigenvalue weighted by Gasteiger charge is -2.23. The molecule has 1 N–H and O–H groups in total. The van der Waals surface area contributed by atoms with Crippen LogP contribution in [0.3, 0.4) is 0 Å². The van der Waals surface area contributed by atoms with Crippen molar-refractivity contribution >= 4 is 27.4 Å². The van der Waals surface area contributed by atoms with E-state index in [1.165, 1.54) is 32.2 Å². The first-order valence-electron chi connectivity index (χ1n) is 5.15. The summed E-state index contributed by atoms with van der Waals surface area (Å²) >= 11 is 0. The van der Waals surface area contributed by atoms with Crippen LogP contribution in [0.25, 0.3) is 0 Å². The highest BCUT2D eigenvalue weighted by molar-refractivity contribution is 7.93. The summed E-state index contributed by atoms with van der Waals surface area (Å²) < 4.78 is 28.7. The van der Waals surface area contributed by atoms with Crippen LogP contribution < -0.4 is 5.32 Å². The average Bonchev–Trinajstić information content (AvgIpc) is 2.35. The van der Waals surface area contributed by atoms with Crippen molar-refractivity contribution in [3.63, 3.8) is 0 Å². The number of carbonyl (C=O) groups excluding carboxylic acids is 2. The van der Waals surface area contributed by atoms with Gasteiger partial charge in [0.15, 0.2) is 9.84 Å². The van der Waals surface area contributed by atoms with Crippen molar-refractivity contribution in [3.8, 4) is 0 Å². The number of amides is 1. The number of hydrogen-bond acceptors (Lipinski definition) is 5. The lowest BCUT2D eigenvalue weighted by Crippen LogP contribution is -2.38. The van der Waals surface area contributed by atoms with E-state index in [1.54, 1.807) is 0 Å². The topological polar surface area (TPSA) is 89.5 Å². The zero-order valence-electron chi connectivity index (χ0n) is 9.76. The van der Waals surface area contributed by atoms with Crippen LogP contribution in [0, 0.1) is 0 Å². The standard InChI is InChI=1S/C11H11NO5S/c1-6-10(13)12-9-7(11(14)17-2)4-3-5-8(9)18(6,15)16/h3-6H,1-2H3,(H,12,13). The number of hydrogen-bond donors (Lipinski definition) is 1. The van der Waals surface area contributed by atoms with E-state index in [2.05, 4.69) is 10.1 Å². The predicted molar refractivity (Wildman–Crippen MR) is 63.1 cm³/mol. The Morgan fingerprint density at radius 3 is 2.67 bits per heavy atom. The van der Waals surface area contributed by atoms with E-state index in [1.807, 2.05) is 0 Å². The van der Waals surface area contributed by atoms with Gasteiger partial charge in [0.1, 0.15) is 5.25 Å².